The average Bonchev–Trinajstić information content (AvgIpc) is 2.34. The van der Waals surface area contributed by atoms with Crippen molar-refractivity contribution in [1.82, 2.24) is 9.97 Å². The maximum atomic E-state index is 8.61. The Balaban J connectivity index is 2.16. The van der Waals surface area contributed by atoms with Crippen LogP contribution in [0.5, 0.6) is 0 Å². The van der Waals surface area contributed by atoms with Crippen LogP contribution in [0.15, 0.2) is 12.3 Å². The second-order valence-electron chi connectivity index (χ2n) is 3.13. The van der Waals surface area contributed by atoms with Gasteiger partial charge in [0.1, 0.15) is 5.82 Å². The van der Waals surface area contributed by atoms with Crippen molar-refractivity contribution in [3.63, 3.8) is 0 Å². The van der Waals surface area contributed by atoms with Gasteiger partial charge in [0.25, 0.3) is 0 Å². The van der Waals surface area contributed by atoms with E-state index in [2.05, 4.69) is 20.6 Å². The van der Waals surface area contributed by atoms with E-state index < -0.39 is 0 Å². The summed E-state index contributed by atoms with van der Waals surface area (Å²) in [6, 6.07) is 1.85. The van der Waals surface area contributed by atoms with Crippen LogP contribution in [-0.4, -0.2) is 46.8 Å². The highest BCUT2D eigenvalue weighted by Gasteiger charge is 1.96. The van der Waals surface area contributed by atoms with Gasteiger partial charge in [0, 0.05) is 32.1 Å². The molecule has 0 radical (unpaired) electrons. The van der Waals surface area contributed by atoms with Crippen molar-refractivity contribution >= 4 is 23.5 Å². The normalized spacial score (nSPS) is 10.1. The molecule has 1 heterocycles. The van der Waals surface area contributed by atoms with Gasteiger partial charge < -0.3 is 15.7 Å². The van der Waals surface area contributed by atoms with E-state index in [1.165, 1.54) is 0 Å². The van der Waals surface area contributed by atoms with Crippen LogP contribution in [0.3, 0.4) is 0 Å². The van der Waals surface area contributed by atoms with Crippen LogP contribution in [0.4, 0.5) is 11.8 Å². The number of nitrogens with zero attached hydrogens (tertiary/aromatic N) is 2. The molecule has 90 valence electrons. The molecule has 5 nitrogen and oxygen atoms in total. The van der Waals surface area contributed by atoms with Crippen LogP contribution in [0.25, 0.3) is 0 Å². The Hall–Kier alpha value is -1.01. The minimum atomic E-state index is 0.276. The molecule has 16 heavy (non-hydrogen) atoms. The third kappa shape index (κ3) is 5.18. The quantitative estimate of drug-likeness (QED) is 0.592. The number of anilines is 2. The van der Waals surface area contributed by atoms with Gasteiger partial charge in [-0.05, 0) is 18.2 Å². The van der Waals surface area contributed by atoms with Crippen LogP contribution >= 0.6 is 11.8 Å². The number of hydrogen-bond acceptors (Lipinski definition) is 6. The van der Waals surface area contributed by atoms with Gasteiger partial charge in [-0.25, -0.2) is 4.98 Å². The molecule has 0 amide bonds. The van der Waals surface area contributed by atoms with E-state index in [4.69, 9.17) is 5.11 Å². The monoisotopic (exact) mass is 242 g/mol. The van der Waals surface area contributed by atoms with Crippen molar-refractivity contribution in [1.29, 1.82) is 0 Å². The van der Waals surface area contributed by atoms with E-state index in [0.717, 1.165) is 30.3 Å². The molecule has 0 aliphatic rings. The highest BCUT2D eigenvalue weighted by atomic mass is 32.2. The summed E-state index contributed by atoms with van der Waals surface area (Å²) < 4.78 is 0. The molecule has 0 saturated heterocycles. The summed E-state index contributed by atoms with van der Waals surface area (Å²) in [5.41, 5.74) is 0. The fraction of sp³-hybridized carbons (Fsp3) is 0.600. The van der Waals surface area contributed by atoms with Crippen molar-refractivity contribution in [3.05, 3.63) is 12.3 Å². The van der Waals surface area contributed by atoms with Gasteiger partial charge in [0.15, 0.2) is 0 Å². The van der Waals surface area contributed by atoms with E-state index >= 15 is 0 Å². The van der Waals surface area contributed by atoms with E-state index in [-0.39, 0.29) is 6.61 Å². The number of hydrogen-bond donors (Lipinski definition) is 3. The first kappa shape index (κ1) is 13.1. The lowest BCUT2D eigenvalue weighted by atomic mass is 10.5. The van der Waals surface area contributed by atoms with Gasteiger partial charge in [-0.1, -0.05) is 0 Å². The van der Waals surface area contributed by atoms with E-state index in [0.29, 0.717) is 5.95 Å². The van der Waals surface area contributed by atoms with Gasteiger partial charge in [-0.15, -0.1) is 0 Å². The summed E-state index contributed by atoms with van der Waals surface area (Å²) in [6.07, 6.45) is 2.59. The Morgan fingerprint density at radius 3 is 3.06 bits per heavy atom. The highest BCUT2D eigenvalue weighted by molar-refractivity contribution is 7.99. The van der Waals surface area contributed by atoms with Gasteiger partial charge >= 0.3 is 0 Å². The maximum absolute atomic E-state index is 8.61. The Kier molecular flexibility index (Phi) is 6.67. The van der Waals surface area contributed by atoms with Crippen LogP contribution in [0.1, 0.15) is 6.42 Å². The predicted molar refractivity (Wildman–Crippen MR) is 69.1 cm³/mol. The van der Waals surface area contributed by atoms with Crippen molar-refractivity contribution < 1.29 is 5.11 Å². The molecule has 1 aromatic heterocycles. The highest BCUT2D eigenvalue weighted by Crippen LogP contribution is 2.06. The predicted octanol–water partition coefficient (Wildman–Crippen LogP) is 1.05. The Bertz CT molecular complexity index is 298. The molecule has 0 bridgehead atoms. The molecule has 6 heteroatoms. The molecule has 0 aliphatic heterocycles. The molecule has 0 unspecified atom stereocenters. The number of thioether (sulfide) groups is 1. The van der Waals surface area contributed by atoms with Crippen LogP contribution in [0, 0.1) is 0 Å². The van der Waals surface area contributed by atoms with Gasteiger partial charge in [-0.3, -0.25) is 0 Å². The van der Waals surface area contributed by atoms with E-state index in [1.54, 1.807) is 13.2 Å². The van der Waals surface area contributed by atoms with Crippen molar-refractivity contribution in [2.75, 3.05) is 42.3 Å². The second-order valence-corrected chi connectivity index (χ2v) is 4.36. The number of aliphatic hydroxyl groups is 1. The van der Waals surface area contributed by atoms with Crippen LogP contribution in [-0.2, 0) is 0 Å². The number of aromatic nitrogens is 2. The first-order chi connectivity index (χ1) is 7.86. The minimum absolute atomic E-state index is 0.276. The molecule has 0 atom stereocenters. The fourth-order valence-corrected chi connectivity index (χ4v) is 1.88. The molecule has 1 aromatic rings. The molecule has 0 saturated carbocycles. The molecule has 3 N–H and O–H groups in total. The van der Waals surface area contributed by atoms with Gasteiger partial charge in [0.2, 0.25) is 5.95 Å². The first-order valence-electron chi connectivity index (χ1n) is 5.30. The minimum Gasteiger partial charge on any atom is -0.396 e. The molecule has 1 rings (SSSR count). The Labute approximate surface area is 100 Å². The second kappa shape index (κ2) is 8.18. The van der Waals surface area contributed by atoms with E-state index in [9.17, 15) is 0 Å². The molecular formula is C10H18N4OS. The third-order valence-electron chi connectivity index (χ3n) is 1.88. The van der Waals surface area contributed by atoms with Gasteiger partial charge in [-0.2, -0.15) is 16.7 Å². The first-order valence-corrected chi connectivity index (χ1v) is 6.45. The molecular weight excluding hydrogens is 224 g/mol. The van der Waals surface area contributed by atoms with E-state index in [1.807, 2.05) is 17.8 Å². The number of nitrogens with one attached hydrogen (secondary N) is 2. The smallest absolute Gasteiger partial charge is 0.224 e. The zero-order chi connectivity index (χ0) is 11.6. The summed E-state index contributed by atoms with van der Waals surface area (Å²) in [4.78, 5) is 8.27. The average molecular weight is 242 g/mol. The summed E-state index contributed by atoms with van der Waals surface area (Å²) in [7, 11) is 1.80. The van der Waals surface area contributed by atoms with Crippen LogP contribution < -0.4 is 10.6 Å². The lowest BCUT2D eigenvalue weighted by Crippen LogP contribution is -2.07. The number of rotatable bonds is 8. The van der Waals surface area contributed by atoms with Crippen molar-refractivity contribution in [2.45, 2.75) is 6.42 Å². The zero-order valence-electron chi connectivity index (χ0n) is 9.44. The lowest BCUT2D eigenvalue weighted by Gasteiger charge is -2.06. The topological polar surface area (TPSA) is 70.1 Å². The van der Waals surface area contributed by atoms with Gasteiger partial charge in [0.05, 0.1) is 0 Å². The molecule has 0 spiro atoms. The number of aliphatic hydroxyl groups excluding tert-OH is 1. The third-order valence-corrected chi connectivity index (χ3v) is 2.95. The zero-order valence-corrected chi connectivity index (χ0v) is 10.3. The standard InChI is InChI=1S/C10H18N4OS/c1-11-10-13-4-3-9(14-10)12-5-8-16-7-2-6-15/h3-4,15H,2,5-8H2,1H3,(H2,11,12,13,14). The van der Waals surface area contributed by atoms with Crippen molar-refractivity contribution in [2.24, 2.45) is 0 Å². The summed E-state index contributed by atoms with van der Waals surface area (Å²) in [6.45, 7) is 1.15. The maximum Gasteiger partial charge on any atom is 0.224 e. The SMILES string of the molecule is CNc1nccc(NCCSCCCO)n1. The lowest BCUT2D eigenvalue weighted by molar-refractivity contribution is 0.296. The Morgan fingerprint density at radius 2 is 2.31 bits per heavy atom. The molecule has 0 fully saturated rings. The molecule has 0 aliphatic carbocycles. The van der Waals surface area contributed by atoms with Crippen molar-refractivity contribution in [3.8, 4) is 0 Å². The summed E-state index contributed by atoms with van der Waals surface area (Å²) in [5, 5.41) is 14.7. The fourth-order valence-electron chi connectivity index (χ4n) is 1.10. The Morgan fingerprint density at radius 1 is 1.44 bits per heavy atom. The molecule has 0 aromatic carbocycles. The largest absolute Gasteiger partial charge is 0.396 e. The summed E-state index contributed by atoms with van der Waals surface area (Å²) >= 11 is 1.83. The summed E-state index contributed by atoms with van der Waals surface area (Å²) in [5.74, 6) is 3.47. The van der Waals surface area contributed by atoms with Crippen LogP contribution in [0.2, 0.25) is 0 Å².